The van der Waals surface area contributed by atoms with Gasteiger partial charge in [0.1, 0.15) is 12.0 Å². The molecule has 136 valence electrons. The van der Waals surface area contributed by atoms with E-state index in [1.165, 1.54) is 36.4 Å². The standard InChI is InChI=1S/C19H16F4N2O/c20-14-7-9-15(10-8-14)25-17(24-11-1-2-16(24)18(25)26)12-3-5-13(6-4-12)19(21,22)23/h3-10,16-17H,1-2,11H2/t16-,17+/m0/s1. The SMILES string of the molecule is O=C1[C@@H]2CCCN2[C@@H](c2ccc(C(F)(F)F)cc2)N1c1ccc(F)cc1. The van der Waals surface area contributed by atoms with Crippen LogP contribution in [0.4, 0.5) is 23.2 Å². The summed E-state index contributed by atoms with van der Waals surface area (Å²) in [6.45, 7) is 0.694. The van der Waals surface area contributed by atoms with Crippen molar-refractivity contribution < 1.29 is 22.4 Å². The first-order valence-electron chi connectivity index (χ1n) is 8.38. The quantitative estimate of drug-likeness (QED) is 0.740. The molecule has 1 amide bonds. The van der Waals surface area contributed by atoms with Crippen LogP contribution in [0.25, 0.3) is 0 Å². The molecule has 0 spiro atoms. The number of nitrogens with zero attached hydrogens (tertiary/aromatic N) is 2. The number of hydrogen-bond donors (Lipinski definition) is 0. The highest BCUT2D eigenvalue weighted by Gasteiger charge is 2.49. The highest BCUT2D eigenvalue weighted by atomic mass is 19.4. The van der Waals surface area contributed by atoms with Crippen LogP contribution in [-0.4, -0.2) is 23.4 Å². The van der Waals surface area contributed by atoms with Crippen molar-refractivity contribution in [2.75, 3.05) is 11.4 Å². The summed E-state index contributed by atoms with van der Waals surface area (Å²) < 4.78 is 51.8. The van der Waals surface area contributed by atoms with Crippen LogP contribution in [0.5, 0.6) is 0 Å². The van der Waals surface area contributed by atoms with Gasteiger partial charge in [0.15, 0.2) is 0 Å². The number of carbonyl (C=O) groups excluding carboxylic acids is 1. The Morgan fingerprint density at radius 3 is 2.23 bits per heavy atom. The predicted octanol–water partition coefficient (Wildman–Crippen LogP) is 4.35. The number of hydrogen-bond acceptors (Lipinski definition) is 2. The van der Waals surface area contributed by atoms with Crippen LogP contribution in [0.2, 0.25) is 0 Å². The lowest BCUT2D eigenvalue weighted by Gasteiger charge is -2.30. The maximum absolute atomic E-state index is 13.3. The van der Waals surface area contributed by atoms with Gasteiger partial charge in [-0.2, -0.15) is 13.2 Å². The summed E-state index contributed by atoms with van der Waals surface area (Å²) in [6, 6.07) is 10.2. The van der Waals surface area contributed by atoms with E-state index in [0.717, 1.165) is 18.6 Å². The highest BCUT2D eigenvalue weighted by molar-refractivity contribution is 6.00. The molecule has 4 rings (SSSR count). The van der Waals surface area contributed by atoms with Crippen LogP contribution in [-0.2, 0) is 11.0 Å². The molecule has 0 saturated carbocycles. The third-order valence-electron chi connectivity index (χ3n) is 5.02. The smallest absolute Gasteiger partial charge is 0.291 e. The molecule has 0 aliphatic carbocycles. The zero-order valence-electron chi connectivity index (χ0n) is 13.7. The first-order valence-corrected chi connectivity index (χ1v) is 8.38. The van der Waals surface area contributed by atoms with E-state index < -0.39 is 23.7 Å². The molecule has 26 heavy (non-hydrogen) atoms. The van der Waals surface area contributed by atoms with Crippen LogP contribution < -0.4 is 4.90 Å². The lowest BCUT2D eigenvalue weighted by atomic mass is 10.1. The average Bonchev–Trinajstić information content (AvgIpc) is 3.17. The summed E-state index contributed by atoms with van der Waals surface area (Å²) in [6.07, 6.45) is -3.31. The van der Waals surface area contributed by atoms with Gasteiger partial charge in [-0.3, -0.25) is 14.6 Å². The fourth-order valence-electron chi connectivity index (χ4n) is 3.83. The van der Waals surface area contributed by atoms with Gasteiger partial charge in [0.25, 0.3) is 0 Å². The number of anilines is 1. The predicted molar refractivity (Wildman–Crippen MR) is 87.8 cm³/mol. The van der Waals surface area contributed by atoms with Crippen LogP contribution in [0.1, 0.15) is 30.1 Å². The van der Waals surface area contributed by atoms with Gasteiger partial charge in [0.05, 0.1) is 11.6 Å². The minimum Gasteiger partial charge on any atom is -0.291 e. The largest absolute Gasteiger partial charge is 0.416 e. The minimum absolute atomic E-state index is 0.0981. The molecule has 2 fully saturated rings. The Morgan fingerprint density at radius 1 is 0.962 bits per heavy atom. The first-order chi connectivity index (χ1) is 12.4. The van der Waals surface area contributed by atoms with Gasteiger partial charge in [-0.05, 0) is 54.8 Å². The van der Waals surface area contributed by atoms with Crippen molar-refractivity contribution in [1.29, 1.82) is 0 Å². The van der Waals surface area contributed by atoms with E-state index in [9.17, 15) is 22.4 Å². The van der Waals surface area contributed by atoms with Crippen LogP contribution in [0, 0.1) is 5.82 Å². The van der Waals surface area contributed by atoms with Crippen molar-refractivity contribution in [1.82, 2.24) is 4.90 Å². The summed E-state index contributed by atoms with van der Waals surface area (Å²) in [5.41, 5.74) is 0.424. The van der Waals surface area contributed by atoms with E-state index in [-0.39, 0.29) is 11.9 Å². The number of rotatable bonds is 2. The molecule has 2 atom stereocenters. The second-order valence-corrected chi connectivity index (χ2v) is 6.57. The molecule has 0 bridgehead atoms. The van der Waals surface area contributed by atoms with Gasteiger partial charge in [0.2, 0.25) is 5.91 Å². The number of carbonyl (C=O) groups is 1. The van der Waals surface area contributed by atoms with Gasteiger partial charge in [-0.25, -0.2) is 4.39 Å². The number of benzene rings is 2. The van der Waals surface area contributed by atoms with Crippen LogP contribution in [0.3, 0.4) is 0 Å². The fourth-order valence-corrected chi connectivity index (χ4v) is 3.83. The lowest BCUT2D eigenvalue weighted by Crippen LogP contribution is -2.32. The fraction of sp³-hybridized carbons (Fsp3) is 0.316. The van der Waals surface area contributed by atoms with Gasteiger partial charge in [0, 0.05) is 12.2 Å². The van der Waals surface area contributed by atoms with E-state index >= 15 is 0 Å². The van der Waals surface area contributed by atoms with E-state index in [2.05, 4.69) is 0 Å². The normalized spacial score (nSPS) is 23.5. The summed E-state index contributed by atoms with van der Waals surface area (Å²) >= 11 is 0. The molecule has 7 heteroatoms. The monoisotopic (exact) mass is 364 g/mol. The molecular formula is C19H16F4N2O. The van der Waals surface area contributed by atoms with Gasteiger partial charge < -0.3 is 0 Å². The molecule has 2 aromatic rings. The molecule has 2 heterocycles. The molecule has 0 aromatic heterocycles. The average molecular weight is 364 g/mol. The third kappa shape index (κ3) is 2.76. The number of halogens is 4. The Hall–Kier alpha value is -2.41. The van der Waals surface area contributed by atoms with Crippen LogP contribution >= 0.6 is 0 Å². The Morgan fingerprint density at radius 2 is 1.62 bits per heavy atom. The number of amides is 1. The molecule has 3 nitrogen and oxygen atoms in total. The van der Waals surface area contributed by atoms with Crippen LogP contribution in [0.15, 0.2) is 48.5 Å². The van der Waals surface area contributed by atoms with Gasteiger partial charge >= 0.3 is 6.18 Å². The van der Waals surface area contributed by atoms with Crippen molar-refractivity contribution >= 4 is 11.6 Å². The zero-order chi connectivity index (χ0) is 18.5. The maximum Gasteiger partial charge on any atom is 0.416 e. The second-order valence-electron chi connectivity index (χ2n) is 6.57. The van der Waals surface area contributed by atoms with E-state index in [4.69, 9.17) is 0 Å². The summed E-state index contributed by atoms with van der Waals surface area (Å²) in [5, 5.41) is 0. The summed E-state index contributed by atoms with van der Waals surface area (Å²) in [5.74, 6) is -0.508. The van der Waals surface area contributed by atoms with E-state index in [1.54, 1.807) is 4.90 Å². The minimum atomic E-state index is -4.41. The van der Waals surface area contributed by atoms with Crippen molar-refractivity contribution in [2.24, 2.45) is 0 Å². The third-order valence-corrected chi connectivity index (χ3v) is 5.02. The topological polar surface area (TPSA) is 23.6 Å². The molecular weight excluding hydrogens is 348 g/mol. The Bertz CT molecular complexity index is 817. The zero-order valence-corrected chi connectivity index (χ0v) is 13.7. The summed E-state index contributed by atoms with van der Waals surface area (Å²) in [7, 11) is 0. The van der Waals surface area contributed by atoms with Gasteiger partial charge in [-0.1, -0.05) is 12.1 Å². The van der Waals surface area contributed by atoms with Crippen molar-refractivity contribution in [3.8, 4) is 0 Å². The molecule has 2 aliphatic rings. The van der Waals surface area contributed by atoms with E-state index in [1.807, 2.05) is 4.90 Å². The molecule has 0 unspecified atom stereocenters. The first kappa shape index (κ1) is 17.0. The van der Waals surface area contributed by atoms with Crippen molar-refractivity contribution in [3.63, 3.8) is 0 Å². The number of alkyl halides is 3. The highest BCUT2D eigenvalue weighted by Crippen LogP contribution is 2.43. The second kappa shape index (κ2) is 6.09. The number of fused-ring (bicyclic) bond motifs is 1. The molecule has 0 N–H and O–H groups in total. The molecule has 0 radical (unpaired) electrons. The lowest BCUT2D eigenvalue weighted by molar-refractivity contribution is -0.137. The maximum atomic E-state index is 13.3. The molecule has 2 aliphatic heterocycles. The molecule has 2 saturated heterocycles. The Kier molecular flexibility index (Phi) is 3.99. The Labute approximate surface area is 147 Å². The molecule has 2 aromatic carbocycles. The van der Waals surface area contributed by atoms with E-state index in [0.29, 0.717) is 24.2 Å². The van der Waals surface area contributed by atoms with Crippen molar-refractivity contribution in [2.45, 2.75) is 31.2 Å². The van der Waals surface area contributed by atoms with Crippen molar-refractivity contribution in [3.05, 3.63) is 65.5 Å². The van der Waals surface area contributed by atoms with Gasteiger partial charge in [-0.15, -0.1) is 0 Å². The summed E-state index contributed by atoms with van der Waals surface area (Å²) in [4.78, 5) is 16.5. The Balaban J connectivity index is 1.75.